The number of likely N-dealkylation sites (tertiary alicyclic amines) is 1. The van der Waals surface area contributed by atoms with Gasteiger partial charge in [0.2, 0.25) is 5.91 Å². The van der Waals surface area contributed by atoms with Gasteiger partial charge in [0, 0.05) is 30.2 Å². The van der Waals surface area contributed by atoms with Crippen LogP contribution in [0.15, 0.2) is 30.5 Å². The van der Waals surface area contributed by atoms with Crippen molar-refractivity contribution in [3.05, 3.63) is 36.0 Å². The highest BCUT2D eigenvalue weighted by Crippen LogP contribution is 2.27. The van der Waals surface area contributed by atoms with Gasteiger partial charge in [0.25, 0.3) is 0 Å². The first-order chi connectivity index (χ1) is 10.6. The maximum absolute atomic E-state index is 12.6. The first kappa shape index (κ1) is 14.6. The molecule has 1 amide bonds. The van der Waals surface area contributed by atoms with Gasteiger partial charge in [-0.3, -0.25) is 4.79 Å². The van der Waals surface area contributed by atoms with E-state index in [0.717, 1.165) is 36.8 Å². The minimum Gasteiger partial charge on any atom is -0.465 e. The molecule has 3 rings (SSSR count). The number of carbonyl (C=O) groups is 2. The van der Waals surface area contributed by atoms with Gasteiger partial charge in [-0.25, -0.2) is 4.79 Å². The summed E-state index contributed by atoms with van der Waals surface area (Å²) in [5.41, 5.74) is 1.38. The van der Waals surface area contributed by atoms with E-state index in [1.165, 1.54) is 7.11 Å². The van der Waals surface area contributed by atoms with Gasteiger partial charge in [-0.1, -0.05) is 18.2 Å². The van der Waals surface area contributed by atoms with Crippen molar-refractivity contribution in [2.24, 2.45) is 0 Å². The zero-order valence-corrected chi connectivity index (χ0v) is 12.9. The van der Waals surface area contributed by atoms with Crippen LogP contribution < -0.4 is 0 Å². The fraction of sp³-hybridized carbons (Fsp3) is 0.412. The van der Waals surface area contributed by atoms with Gasteiger partial charge in [0.15, 0.2) is 0 Å². The minimum absolute atomic E-state index is 0.106. The minimum atomic E-state index is -0.379. The smallest absolute Gasteiger partial charge is 0.340 e. The average Bonchev–Trinajstić information content (AvgIpc) is 3.20. The summed E-state index contributed by atoms with van der Waals surface area (Å²) in [4.78, 5) is 26.5. The van der Waals surface area contributed by atoms with Gasteiger partial charge in [-0.15, -0.1) is 0 Å². The van der Waals surface area contributed by atoms with Crippen LogP contribution in [0.5, 0.6) is 0 Å². The van der Waals surface area contributed by atoms with E-state index >= 15 is 0 Å². The Labute approximate surface area is 129 Å². The largest absolute Gasteiger partial charge is 0.465 e. The predicted molar refractivity (Wildman–Crippen MR) is 83.8 cm³/mol. The maximum atomic E-state index is 12.6. The van der Waals surface area contributed by atoms with Crippen molar-refractivity contribution in [1.82, 2.24) is 9.47 Å². The number of nitrogens with zero attached hydrogens (tertiary/aromatic N) is 2. The summed E-state index contributed by atoms with van der Waals surface area (Å²) in [5.74, 6) is -0.273. The van der Waals surface area contributed by atoms with Crippen molar-refractivity contribution < 1.29 is 14.3 Å². The highest BCUT2D eigenvalue weighted by Gasteiger charge is 2.26. The highest BCUT2D eigenvalue weighted by atomic mass is 16.5. The maximum Gasteiger partial charge on any atom is 0.340 e. The molecule has 5 heteroatoms. The van der Waals surface area contributed by atoms with E-state index in [0.29, 0.717) is 5.56 Å². The fourth-order valence-corrected chi connectivity index (χ4v) is 3.12. The lowest BCUT2D eigenvalue weighted by atomic mass is 10.2. The van der Waals surface area contributed by atoms with E-state index in [1.54, 1.807) is 6.20 Å². The molecule has 1 fully saturated rings. The molecule has 0 radical (unpaired) electrons. The number of ether oxygens (including phenoxy) is 1. The van der Waals surface area contributed by atoms with Gasteiger partial charge < -0.3 is 14.2 Å². The van der Waals surface area contributed by atoms with Crippen molar-refractivity contribution in [1.29, 1.82) is 0 Å². The molecule has 1 aromatic carbocycles. The topological polar surface area (TPSA) is 51.5 Å². The third kappa shape index (κ3) is 2.36. The Hall–Kier alpha value is -2.30. The molecule has 0 unspecified atom stereocenters. The van der Waals surface area contributed by atoms with Crippen molar-refractivity contribution >= 4 is 22.8 Å². The molecular formula is C17H20N2O3. The van der Waals surface area contributed by atoms with Gasteiger partial charge >= 0.3 is 5.97 Å². The second-order valence-electron chi connectivity index (χ2n) is 5.67. The van der Waals surface area contributed by atoms with E-state index in [9.17, 15) is 9.59 Å². The molecule has 1 aliphatic heterocycles. The number of para-hydroxylation sites is 1. The van der Waals surface area contributed by atoms with Crippen LogP contribution >= 0.6 is 0 Å². The molecule has 1 aromatic heterocycles. The highest BCUT2D eigenvalue weighted by molar-refractivity contribution is 6.04. The Morgan fingerprint density at radius 2 is 1.86 bits per heavy atom. The Morgan fingerprint density at radius 1 is 1.18 bits per heavy atom. The van der Waals surface area contributed by atoms with Crippen molar-refractivity contribution in [2.45, 2.75) is 25.8 Å². The van der Waals surface area contributed by atoms with Crippen LogP contribution in [0.1, 0.15) is 36.2 Å². The van der Waals surface area contributed by atoms with Gasteiger partial charge in [-0.2, -0.15) is 0 Å². The molecule has 1 aliphatic rings. The van der Waals surface area contributed by atoms with E-state index in [2.05, 4.69) is 0 Å². The van der Waals surface area contributed by atoms with Crippen molar-refractivity contribution in [2.75, 3.05) is 20.2 Å². The van der Waals surface area contributed by atoms with E-state index < -0.39 is 0 Å². The van der Waals surface area contributed by atoms with E-state index in [1.807, 2.05) is 40.7 Å². The molecule has 5 nitrogen and oxygen atoms in total. The van der Waals surface area contributed by atoms with Crippen LogP contribution in [0.25, 0.3) is 10.9 Å². The van der Waals surface area contributed by atoms with Crippen LogP contribution in [0, 0.1) is 0 Å². The number of hydrogen-bond donors (Lipinski definition) is 0. The summed E-state index contributed by atoms with van der Waals surface area (Å²) in [7, 11) is 1.37. The lowest BCUT2D eigenvalue weighted by molar-refractivity contribution is -0.133. The Balaban J connectivity index is 2.02. The summed E-state index contributed by atoms with van der Waals surface area (Å²) in [5, 5.41) is 0.815. The lowest BCUT2D eigenvalue weighted by Gasteiger charge is -2.22. The number of hydrogen-bond acceptors (Lipinski definition) is 3. The standard InChI is InChI=1S/C17H20N2O3/c1-12(16(20)18-9-5-6-10-18)19-11-14(17(21)22-2)13-7-3-4-8-15(13)19/h3-4,7-8,11-12H,5-6,9-10H2,1-2H3/t12-/m1/s1. The average molecular weight is 300 g/mol. The molecule has 2 heterocycles. The number of methoxy groups -OCH3 is 1. The summed E-state index contributed by atoms with van der Waals surface area (Å²) in [6, 6.07) is 7.26. The third-order valence-electron chi connectivity index (χ3n) is 4.34. The van der Waals surface area contributed by atoms with Gasteiger partial charge in [-0.05, 0) is 25.8 Å². The number of benzene rings is 1. The number of rotatable bonds is 3. The van der Waals surface area contributed by atoms with Crippen molar-refractivity contribution in [3.63, 3.8) is 0 Å². The Bertz CT molecular complexity index is 714. The number of fused-ring (bicyclic) bond motifs is 1. The lowest BCUT2D eigenvalue weighted by Crippen LogP contribution is -2.33. The van der Waals surface area contributed by atoms with Crippen LogP contribution in [-0.4, -0.2) is 41.5 Å². The molecule has 2 aromatic rings. The normalized spacial score (nSPS) is 16.0. The number of carbonyl (C=O) groups excluding carboxylic acids is 2. The summed E-state index contributed by atoms with van der Waals surface area (Å²) < 4.78 is 6.73. The van der Waals surface area contributed by atoms with Crippen LogP contribution in [0.3, 0.4) is 0 Å². The summed E-state index contributed by atoms with van der Waals surface area (Å²) in [6.07, 6.45) is 3.87. The molecule has 0 aliphatic carbocycles. The molecule has 22 heavy (non-hydrogen) atoms. The monoisotopic (exact) mass is 300 g/mol. The van der Waals surface area contributed by atoms with Gasteiger partial charge in [0.05, 0.1) is 12.7 Å². The van der Waals surface area contributed by atoms with E-state index in [-0.39, 0.29) is 17.9 Å². The molecule has 1 atom stereocenters. The quantitative estimate of drug-likeness (QED) is 0.819. The number of aromatic nitrogens is 1. The molecular weight excluding hydrogens is 280 g/mol. The number of esters is 1. The molecule has 0 spiro atoms. The first-order valence-corrected chi connectivity index (χ1v) is 7.60. The molecule has 116 valence electrons. The summed E-state index contributed by atoms with van der Waals surface area (Å²) in [6.45, 7) is 3.53. The van der Waals surface area contributed by atoms with Crippen LogP contribution in [0.2, 0.25) is 0 Å². The molecule has 0 saturated carbocycles. The van der Waals surface area contributed by atoms with Gasteiger partial charge in [0.1, 0.15) is 6.04 Å². The van der Waals surface area contributed by atoms with Crippen LogP contribution in [0.4, 0.5) is 0 Å². The fourth-order valence-electron chi connectivity index (χ4n) is 3.12. The Kier molecular flexibility index (Phi) is 3.88. The third-order valence-corrected chi connectivity index (χ3v) is 4.34. The van der Waals surface area contributed by atoms with Crippen LogP contribution in [-0.2, 0) is 9.53 Å². The predicted octanol–water partition coefficient (Wildman–Crippen LogP) is 2.61. The zero-order valence-electron chi connectivity index (χ0n) is 12.9. The Morgan fingerprint density at radius 3 is 2.55 bits per heavy atom. The summed E-state index contributed by atoms with van der Waals surface area (Å²) >= 11 is 0. The first-order valence-electron chi connectivity index (χ1n) is 7.60. The van der Waals surface area contributed by atoms with Crippen molar-refractivity contribution in [3.8, 4) is 0 Å². The second-order valence-corrected chi connectivity index (χ2v) is 5.67. The molecule has 0 bridgehead atoms. The van der Waals surface area contributed by atoms with E-state index in [4.69, 9.17) is 4.74 Å². The SMILES string of the molecule is COC(=O)c1cn([C@H](C)C(=O)N2CCCC2)c2ccccc12. The number of amides is 1. The second kappa shape index (κ2) is 5.83. The molecule has 1 saturated heterocycles. The molecule has 0 N–H and O–H groups in total. The zero-order chi connectivity index (χ0) is 15.7.